The van der Waals surface area contributed by atoms with Gasteiger partial charge in [0.15, 0.2) is 0 Å². The normalized spacial score (nSPS) is 12.6. The Morgan fingerprint density at radius 2 is 1.32 bits per heavy atom. The molecule has 194 valence electrons. The maximum Gasteiger partial charge on any atom is 0.223 e. The van der Waals surface area contributed by atoms with Gasteiger partial charge in [-0.15, -0.1) is 22.7 Å². The van der Waals surface area contributed by atoms with E-state index in [-0.39, 0.29) is 10.6 Å². The molecule has 7 aromatic rings. The summed E-state index contributed by atoms with van der Waals surface area (Å²) in [5, 5.41) is 2.55. The first-order valence-electron chi connectivity index (χ1n) is 12.5. The number of fused-ring (bicyclic) bond motifs is 6. The second-order valence-electron chi connectivity index (χ2n) is 9.16. The van der Waals surface area contributed by atoms with E-state index in [0.29, 0.717) is 0 Å². The smallest absolute Gasteiger partial charge is 0.223 e. The summed E-state index contributed by atoms with van der Waals surface area (Å²) in [4.78, 5) is 22.6. The standard InChI is InChI=1S/C31H19Cl2N5S2/c1-3-16(15-34-2)24-28-26(37-30(32)35-24)20-13-18(9-11-22(20)39-28)19-10-12-23-21(14-19)27-29(40-23)25(36-31(33)38-27)17-7-5-4-6-8-17/h3-15H,1-2H3/b16-3+,34-15?. The summed E-state index contributed by atoms with van der Waals surface area (Å²) in [7, 11) is 1.75. The molecule has 0 bridgehead atoms. The molecule has 0 unspecified atom stereocenters. The SMILES string of the molecule is C/C=C(\C=NC)c1nc(Cl)nc2c1sc1ccc(-c3ccc4sc5c(-c6ccccc6)nc(Cl)nc5c4c3)cc12. The van der Waals surface area contributed by atoms with Gasteiger partial charge in [0.2, 0.25) is 10.6 Å². The maximum atomic E-state index is 6.42. The lowest BCUT2D eigenvalue weighted by Crippen LogP contribution is -1.94. The molecule has 0 fully saturated rings. The van der Waals surface area contributed by atoms with Crippen molar-refractivity contribution >= 4 is 98.3 Å². The fourth-order valence-electron chi connectivity index (χ4n) is 4.99. The van der Waals surface area contributed by atoms with Gasteiger partial charge >= 0.3 is 0 Å². The highest BCUT2D eigenvalue weighted by molar-refractivity contribution is 7.26. The van der Waals surface area contributed by atoms with Crippen molar-refractivity contribution in [1.29, 1.82) is 0 Å². The summed E-state index contributed by atoms with van der Waals surface area (Å²) in [6, 6.07) is 23.0. The Kier molecular flexibility index (Phi) is 6.32. The van der Waals surface area contributed by atoms with Gasteiger partial charge in [-0.25, -0.2) is 19.9 Å². The Hall–Kier alpha value is -3.75. The molecule has 0 saturated carbocycles. The van der Waals surface area contributed by atoms with Crippen LogP contribution in [0, 0.1) is 0 Å². The van der Waals surface area contributed by atoms with Crippen molar-refractivity contribution in [3.8, 4) is 22.4 Å². The monoisotopic (exact) mass is 595 g/mol. The van der Waals surface area contributed by atoms with Crippen molar-refractivity contribution in [2.75, 3.05) is 7.05 Å². The lowest BCUT2D eigenvalue weighted by molar-refractivity contribution is 1.21. The Morgan fingerprint density at radius 3 is 1.95 bits per heavy atom. The number of rotatable bonds is 4. The zero-order valence-corrected chi connectivity index (χ0v) is 24.5. The number of hydrogen-bond donors (Lipinski definition) is 0. The topological polar surface area (TPSA) is 63.9 Å². The number of aliphatic imine (C=N–C) groups is 1. The summed E-state index contributed by atoms with van der Waals surface area (Å²) in [6.45, 7) is 1.97. The van der Waals surface area contributed by atoms with Crippen LogP contribution in [0.1, 0.15) is 12.6 Å². The molecule has 0 aliphatic heterocycles. The summed E-state index contributed by atoms with van der Waals surface area (Å²) in [6.07, 6.45) is 3.79. The van der Waals surface area contributed by atoms with Gasteiger partial charge in [-0.3, -0.25) is 4.99 Å². The van der Waals surface area contributed by atoms with Crippen molar-refractivity contribution in [2.24, 2.45) is 4.99 Å². The summed E-state index contributed by atoms with van der Waals surface area (Å²) in [5.74, 6) is 0. The third-order valence-corrected chi connectivity index (χ3v) is 9.47. The third-order valence-electron chi connectivity index (χ3n) is 6.80. The van der Waals surface area contributed by atoms with Gasteiger partial charge in [-0.05, 0) is 65.5 Å². The molecule has 0 radical (unpaired) electrons. The van der Waals surface area contributed by atoms with E-state index in [4.69, 9.17) is 23.2 Å². The van der Waals surface area contributed by atoms with Gasteiger partial charge in [0.25, 0.3) is 0 Å². The van der Waals surface area contributed by atoms with Crippen LogP contribution in [0.25, 0.3) is 68.6 Å². The Bertz CT molecular complexity index is 2160. The molecule has 9 heteroatoms. The van der Waals surface area contributed by atoms with Crippen molar-refractivity contribution in [3.63, 3.8) is 0 Å². The molecule has 40 heavy (non-hydrogen) atoms. The first-order valence-corrected chi connectivity index (χ1v) is 14.9. The Labute approximate surface area is 247 Å². The molecular weight excluding hydrogens is 577 g/mol. The molecule has 4 aromatic heterocycles. The first-order chi connectivity index (χ1) is 19.5. The zero-order chi connectivity index (χ0) is 27.4. The minimum atomic E-state index is 0.216. The molecule has 0 N–H and O–H groups in total. The van der Waals surface area contributed by atoms with Crippen LogP contribution in [0.3, 0.4) is 0 Å². The average molecular weight is 597 g/mol. The Balaban J connectivity index is 1.41. The minimum Gasteiger partial charge on any atom is -0.296 e. The molecule has 3 aromatic carbocycles. The largest absolute Gasteiger partial charge is 0.296 e. The predicted molar refractivity (Wildman–Crippen MR) is 172 cm³/mol. The van der Waals surface area contributed by atoms with Crippen LogP contribution >= 0.6 is 45.9 Å². The van der Waals surface area contributed by atoms with Gasteiger partial charge in [-0.2, -0.15) is 0 Å². The van der Waals surface area contributed by atoms with Crippen LogP contribution in [0.4, 0.5) is 0 Å². The van der Waals surface area contributed by atoms with Crippen LogP contribution in [-0.2, 0) is 0 Å². The van der Waals surface area contributed by atoms with E-state index >= 15 is 0 Å². The molecule has 4 heterocycles. The summed E-state index contributed by atoms with van der Waals surface area (Å²) in [5.41, 5.74) is 7.44. The maximum absolute atomic E-state index is 6.42. The molecule has 5 nitrogen and oxygen atoms in total. The van der Waals surface area contributed by atoms with E-state index in [1.165, 1.54) is 0 Å². The van der Waals surface area contributed by atoms with Gasteiger partial charge < -0.3 is 0 Å². The van der Waals surface area contributed by atoms with E-state index in [9.17, 15) is 0 Å². The zero-order valence-electron chi connectivity index (χ0n) is 21.3. The lowest BCUT2D eigenvalue weighted by Gasteiger charge is -2.05. The van der Waals surface area contributed by atoms with E-state index in [0.717, 1.165) is 74.3 Å². The molecule has 0 saturated heterocycles. The van der Waals surface area contributed by atoms with E-state index in [1.807, 2.05) is 43.3 Å². The molecule has 0 spiro atoms. The number of halogens is 2. The quantitative estimate of drug-likeness (QED) is 0.150. The van der Waals surface area contributed by atoms with E-state index < -0.39 is 0 Å². The number of thiophene rings is 2. The van der Waals surface area contributed by atoms with Gasteiger partial charge in [0.05, 0.1) is 31.8 Å². The van der Waals surface area contributed by atoms with E-state index in [1.54, 1.807) is 35.9 Å². The number of benzene rings is 3. The molecule has 0 atom stereocenters. The van der Waals surface area contributed by atoms with Crippen molar-refractivity contribution in [1.82, 2.24) is 19.9 Å². The summed E-state index contributed by atoms with van der Waals surface area (Å²) < 4.78 is 4.27. The van der Waals surface area contributed by atoms with Crippen molar-refractivity contribution in [2.45, 2.75) is 6.92 Å². The summed E-state index contributed by atoms with van der Waals surface area (Å²) >= 11 is 16.2. The predicted octanol–water partition coefficient (Wildman–Crippen LogP) is 9.75. The number of nitrogens with zero attached hydrogens (tertiary/aromatic N) is 5. The van der Waals surface area contributed by atoms with Crippen LogP contribution in [0.15, 0.2) is 77.8 Å². The van der Waals surface area contributed by atoms with Crippen LogP contribution < -0.4 is 0 Å². The fraction of sp³-hybridized carbons (Fsp3) is 0.0645. The second kappa shape index (κ2) is 10.0. The van der Waals surface area contributed by atoms with Crippen LogP contribution in [-0.4, -0.2) is 33.2 Å². The lowest BCUT2D eigenvalue weighted by atomic mass is 10.0. The number of aromatic nitrogens is 4. The second-order valence-corrected chi connectivity index (χ2v) is 11.9. The fourth-order valence-corrected chi connectivity index (χ4v) is 7.60. The van der Waals surface area contributed by atoms with Gasteiger partial charge in [0, 0.05) is 44.6 Å². The highest BCUT2D eigenvalue weighted by Crippen LogP contribution is 2.42. The van der Waals surface area contributed by atoms with Crippen molar-refractivity contribution in [3.05, 3.63) is 89.1 Å². The van der Waals surface area contributed by atoms with Gasteiger partial charge in [-0.1, -0.05) is 48.5 Å². The molecule has 0 amide bonds. The third kappa shape index (κ3) is 4.17. The number of allylic oxidation sites excluding steroid dienone is 2. The van der Waals surface area contributed by atoms with Crippen LogP contribution in [0.2, 0.25) is 10.6 Å². The molecule has 0 aliphatic rings. The highest BCUT2D eigenvalue weighted by Gasteiger charge is 2.18. The molecule has 7 rings (SSSR count). The molecule has 0 aliphatic carbocycles. The van der Waals surface area contributed by atoms with Gasteiger partial charge in [0.1, 0.15) is 0 Å². The van der Waals surface area contributed by atoms with Crippen molar-refractivity contribution < 1.29 is 0 Å². The molecular formula is C31H19Cl2N5S2. The Morgan fingerprint density at radius 1 is 0.725 bits per heavy atom. The number of hydrogen-bond acceptors (Lipinski definition) is 7. The van der Waals surface area contributed by atoms with Crippen LogP contribution in [0.5, 0.6) is 0 Å². The van der Waals surface area contributed by atoms with E-state index in [2.05, 4.69) is 61.3 Å². The highest BCUT2D eigenvalue weighted by atomic mass is 35.5. The first kappa shape index (κ1) is 25.2. The minimum absolute atomic E-state index is 0.216. The average Bonchev–Trinajstić information content (AvgIpc) is 3.53.